The zero-order valence-corrected chi connectivity index (χ0v) is 5.53. The van der Waals surface area contributed by atoms with E-state index >= 15 is 0 Å². The maximum absolute atomic E-state index is 12.4. The normalized spacial score (nSPS) is 8.60. The zero-order valence-electron chi connectivity index (χ0n) is 4.63. The molecule has 52 valence electrons. The molecule has 0 heterocycles. The van der Waals surface area contributed by atoms with Gasteiger partial charge in [-0.05, 0) is 12.1 Å². The van der Waals surface area contributed by atoms with Gasteiger partial charge in [-0.1, -0.05) is 6.07 Å². The van der Waals surface area contributed by atoms with E-state index in [1.165, 1.54) is 6.07 Å². The number of thiol groups is 1. The van der Waals surface area contributed by atoms with Gasteiger partial charge in [0, 0.05) is 5.69 Å². The molecule has 0 atom stereocenters. The Morgan fingerprint density at radius 1 is 1.40 bits per heavy atom. The Bertz CT molecular complexity index is 209. The van der Waals surface area contributed by atoms with Crippen LogP contribution in [0.3, 0.4) is 0 Å². The summed E-state index contributed by atoms with van der Waals surface area (Å²) in [5, 5.41) is 0. The first kappa shape index (κ1) is 10.9. The molecule has 0 spiro atoms. The molecule has 1 aromatic carbocycles. The first-order chi connectivity index (χ1) is 4.22. The Hall–Kier alpha value is 0.871. The van der Waals surface area contributed by atoms with Crippen molar-refractivity contribution < 1.29 is 4.39 Å². The van der Waals surface area contributed by atoms with Crippen molar-refractivity contribution >= 4 is 67.2 Å². The molecular weight excluding hydrogens is 274 g/mol. The van der Waals surface area contributed by atoms with Crippen LogP contribution in [0.15, 0.2) is 23.1 Å². The molecule has 0 bridgehead atoms. The van der Waals surface area contributed by atoms with Gasteiger partial charge in [-0.25, -0.2) is 4.39 Å². The number of hydrogen-bond donors (Lipinski definition) is 2. The van der Waals surface area contributed by atoms with Crippen molar-refractivity contribution in [2.24, 2.45) is 0 Å². The standard InChI is InChI=1S/C6H6FNS.Ba.2H/c7-4-2-1-3-5(8)6(4)9;;;/h1-3,9H,8H2;;;. The summed E-state index contributed by atoms with van der Waals surface area (Å²) >= 11 is 3.81. The molecule has 0 radical (unpaired) electrons. The van der Waals surface area contributed by atoms with Gasteiger partial charge in [-0.3, -0.25) is 0 Å². The summed E-state index contributed by atoms with van der Waals surface area (Å²) in [6.07, 6.45) is 0. The summed E-state index contributed by atoms with van der Waals surface area (Å²) in [6.45, 7) is 0. The van der Waals surface area contributed by atoms with E-state index in [0.717, 1.165) is 0 Å². The van der Waals surface area contributed by atoms with E-state index in [-0.39, 0.29) is 59.6 Å². The molecule has 0 fully saturated rings. The SMILES string of the molecule is Nc1cccc(F)c1S.[BaH2]. The van der Waals surface area contributed by atoms with Gasteiger partial charge in [0.05, 0.1) is 4.90 Å². The minimum atomic E-state index is -0.377. The molecule has 0 aliphatic carbocycles. The second-order valence-electron chi connectivity index (χ2n) is 1.68. The molecule has 4 heteroatoms. The van der Waals surface area contributed by atoms with Crippen molar-refractivity contribution in [1.29, 1.82) is 0 Å². The number of hydrogen-bond acceptors (Lipinski definition) is 2. The average Bonchev–Trinajstić information content (AvgIpc) is 1.83. The van der Waals surface area contributed by atoms with Gasteiger partial charge in [0.2, 0.25) is 0 Å². The van der Waals surface area contributed by atoms with E-state index in [4.69, 9.17) is 5.73 Å². The van der Waals surface area contributed by atoms with Crippen molar-refractivity contribution in [2.45, 2.75) is 4.90 Å². The van der Waals surface area contributed by atoms with Crippen LogP contribution >= 0.6 is 12.6 Å². The zero-order chi connectivity index (χ0) is 6.85. The summed E-state index contributed by atoms with van der Waals surface area (Å²) in [7, 11) is 0. The Kier molecular flexibility index (Phi) is 5.10. The third kappa shape index (κ3) is 2.49. The fourth-order valence-corrected chi connectivity index (χ4v) is 0.681. The van der Waals surface area contributed by atoms with Crippen LogP contribution in [0.4, 0.5) is 10.1 Å². The second kappa shape index (κ2) is 4.69. The van der Waals surface area contributed by atoms with E-state index < -0.39 is 0 Å². The van der Waals surface area contributed by atoms with Crippen molar-refractivity contribution in [2.75, 3.05) is 5.73 Å². The third-order valence-electron chi connectivity index (χ3n) is 1.02. The van der Waals surface area contributed by atoms with E-state index in [1.807, 2.05) is 0 Å². The second-order valence-corrected chi connectivity index (χ2v) is 2.12. The average molecular weight is 283 g/mol. The monoisotopic (exact) mass is 283 g/mol. The third-order valence-corrected chi connectivity index (χ3v) is 1.49. The van der Waals surface area contributed by atoms with Crippen LogP contribution < -0.4 is 5.73 Å². The van der Waals surface area contributed by atoms with Crippen molar-refractivity contribution in [3.8, 4) is 0 Å². The van der Waals surface area contributed by atoms with E-state index in [2.05, 4.69) is 12.6 Å². The van der Waals surface area contributed by atoms with Crippen molar-refractivity contribution in [1.82, 2.24) is 0 Å². The van der Waals surface area contributed by atoms with E-state index in [9.17, 15) is 4.39 Å². The summed E-state index contributed by atoms with van der Waals surface area (Å²) in [5.41, 5.74) is 5.68. The Balaban J connectivity index is 0.000000810. The van der Waals surface area contributed by atoms with Gasteiger partial charge < -0.3 is 5.73 Å². The van der Waals surface area contributed by atoms with Crippen LogP contribution in [0, 0.1) is 5.82 Å². The van der Waals surface area contributed by atoms with Gasteiger partial charge in [0.15, 0.2) is 0 Å². The van der Waals surface area contributed by atoms with Crippen LogP contribution in [-0.2, 0) is 0 Å². The molecule has 2 N–H and O–H groups in total. The van der Waals surface area contributed by atoms with Crippen LogP contribution in [0.25, 0.3) is 0 Å². The summed E-state index contributed by atoms with van der Waals surface area (Å²) in [6, 6.07) is 4.47. The molecule has 0 saturated heterocycles. The van der Waals surface area contributed by atoms with Crippen molar-refractivity contribution in [3.63, 3.8) is 0 Å². The quantitative estimate of drug-likeness (QED) is 0.410. The summed E-state index contributed by atoms with van der Waals surface area (Å²) < 4.78 is 12.4. The van der Waals surface area contributed by atoms with Crippen LogP contribution in [0.1, 0.15) is 0 Å². The topological polar surface area (TPSA) is 26.0 Å². The molecule has 1 nitrogen and oxygen atoms in total. The van der Waals surface area contributed by atoms with Crippen LogP contribution in [-0.4, -0.2) is 48.9 Å². The molecule has 0 amide bonds. The predicted molar refractivity (Wildman–Crippen MR) is 46.6 cm³/mol. The molecule has 0 aromatic heterocycles. The number of benzene rings is 1. The predicted octanol–water partition coefficient (Wildman–Crippen LogP) is 0.780. The molecule has 0 aliphatic rings. The molecule has 0 unspecified atom stereocenters. The molecule has 0 aliphatic heterocycles. The van der Waals surface area contributed by atoms with Gasteiger partial charge in [-0.15, -0.1) is 12.6 Å². The number of anilines is 1. The first-order valence-corrected chi connectivity index (χ1v) is 2.89. The fourth-order valence-electron chi connectivity index (χ4n) is 0.532. The molecule has 1 aromatic rings. The Morgan fingerprint density at radius 2 is 2.00 bits per heavy atom. The van der Waals surface area contributed by atoms with E-state index in [0.29, 0.717) is 5.69 Å². The molecule has 10 heavy (non-hydrogen) atoms. The van der Waals surface area contributed by atoms with Gasteiger partial charge in [0.25, 0.3) is 0 Å². The van der Waals surface area contributed by atoms with Gasteiger partial charge >= 0.3 is 48.9 Å². The number of rotatable bonds is 0. The van der Waals surface area contributed by atoms with Crippen LogP contribution in [0.5, 0.6) is 0 Å². The number of nitrogens with two attached hydrogens (primary N) is 1. The number of halogens is 1. The Morgan fingerprint density at radius 3 is 2.40 bits per heavy atom. The summed E-state index contributed by atoms with van der Waals surface area (Å²) in [5.74, 6) is -0.377. The molecule has 0 saturated carbocycles. The summed E-state index contributed by atoms with van der Waals surface area (Å²) in [4.78, 5) is 0.220. The van der Waals surface area contributed by atoms with Gasteiger partial charge in [-0.2, -0.15) is 0 Å². The molecular formula is C6H8BaFNS. The Labute approximate surface area is 105 Å². The van der Waals surface area contributed by atoms with Crippen LogP contribution in [0.2, 0.25) is 0 Å². The fraction of sp³-hybridized carbons (Fsp3) is 0. The minimum absolute atomic E-state index is 0. The van der Waals surface area contributed by atoms with E-state index in [1.54, 1.807) is 12.1 Å². The van der Waals surface area contributed by atoms with Gasteiger partial charge in [0.1, 0.15) is 5.82 Å². The molecule has 1 rings (SSSR count). The van der Waals surface area contributed by atoms with Crippen molar-refractivity contribution in [3.05, 3.63) is 24.0 Å². The number of nitrogen functional groups attached to an aromatic ring is 1. The maximum atomic E-state index is 12.4. The first-order valence-electron chi connectivity index (χ1n) is 2.45.